The van der Waals surface area contributed by atoms with E-state index in [0.29, 0.717) is 0 Å². The molecule has 0 nitrogen and oxygen atoms in total. The van der Waals surface area contributed by atoms with Gasteiger partial charge in [-0.3, -0.25) is 0 Å². The average molecular weight is 539 g/mol. The van der Waals surface area contributed by atoms with E-state index in [-0.39, 0.29) is 0 Å². The first-order valence-corrected chi connectivity index (χ1v) is 14.6. The fourth-order valence-electron chi connectivity index (χ4n) is 5.39. The molecule has 0 aliphatic rings. The van der Waals surface area contributed by atoms with E-state index in [0.717, 1.165) is 16.7 Å². The predicted molar refractivity (Wildman–Crippen MR) is 176 cm³/mol. The molecule has 1 heteroatoms. The second kappa shape index (κ2) is 11.1. The van der Waals surface area contributed by atoms with Crippen molar-refractivity contribution < 1.29 is 0 Å². The highest BCUT2D eigenvalue weighted by Crippen LogP contribution is 2.40. The number of hydrogen-bond donors (Lipinski definition) is 0. The highest BCUT2D eigenvalue weighted by atomic mass is 32.1. The van der Waals surface area contributed by atoms with E-state index < -0.39 is 0 Å². The molecule has 0 fully saturated rings. The first-order valence-electron chi connectivity index (χ1n) is 13.8. The van der Waals surface area contributed by atoms with Gasteiger partial charge in [0, 0.05) is 31.3 Å². The van der Waals surface area contributed by atoms with E-state index in [1.165, 1.54) is 48.0 Å². The molecule has 0 aliphatic heterocycles. The molecule has 0 saturated carbocycles. The van der Waals surface area contributed by atoms with Gasteiger partial charge in [-0.2, -0.15) is 0 Å². The van der Waals surface area contributed by atoms with E-state index in [9.17, 15) is 0 Å². The molecule has 192 valence electrons. The Labute approximate surface area is 244 Å². The maximum Gasteiger partial charge on any atom is 0.0355 e. The van der Waals surface area contributed by atoms with Crippen LogP contribution >= 0.6 is 11.3 Å². The molecule has 0 atom stereocenters. The van der Waals surface area contributed by atoms with Crippen LogP contribution in [-0.2, 0) is 0 Å². The SMILES string of the molecule is C(#Cc1ccc(C(=C(c2ccccc2)c2ccccc2)c2ccc3sc4ccccc4c3c2)cc1)c1ccccc1. The van der Waals surface area contributed by atoms with Crippen LogP contribution in [0.15, 0.2) is 158 Å². The molecule has 7 aromatic rings. The molecular weight excluding hydrogens is 513 g/mol. The lowest BCUT2D eigenvalue weighted by Gasteiger charge is -2.18. The van der Waals surface area contributed by atoms with Crippen molar-refractivity contribution >= 4 is 42.7 Å². The van der Waals surface area contributed by atoms with Crippen molar-refractivity contribution in [2.45, 2.75) is 0 Å². The summed E-state index contributed by atoms with van der Waals surface area (Å²) in [5.74, 6) is 6.62. The molecule has 0 unspecified atom stereocenters. The summed E-state index contributed by atoms with van der Waals surface area (Å²) in [5, 5.41) is 2.60. The minimum absolute atomic E-state index is 0.997. The topological polar surface area (TPSA) is 0 Å². The zero-order valence-corrected chi connectivity index (χ0v) is 23.2. The van der Waals surface area contributed by atoms with Crippen molar-refractivity contribution in [3.63, 3.8) is 0 Å². The minimum Gasteiger partial charge on any atom is -0.135 e. The number of hydrogen-bond acceptors (Lipinski definition) is 1. The van der Waals surface area contributed by atoms with Crippen molar-refractivity contribution in [2.75, 3.05) is 0 Å². The van der Waals surface area contributed by atoms with Gasteiger partial charge < -0.3 is 0 Å². The van der Waals surface area contributed by atoms with Crippen LogP contribution in [0, 0.1) is 11.8 Å². The summed E-state index contributed by atoms with van der Waals surface area (Å²) in [6.45, 7) is 0. The van der Waals surface area contributed by atoms with Gasteiger partial charge in [-0.25, -0.2) is 0 Å². The van der Waals surface area contributed by atoms with Crippen molar-refractivity contribution in [3.05, 3.63) is 191 Å². The maximum absolute atomic E-state index is 3.34. The van der Waals surface area contributed by atoms with Crippen LogP contribution in [0.1, 0.15) is 33.4 Å². The van der Waals surface area contributed by atoms with Crippen molar-refractivity contribution in [1.29, 1.82) is 0 Å². The van der Waals surface area contributed by atoms with Crippen molar-refractivity contribution in [3.8, 4) is 11.8 Å². The van der Waals surface area contributed by atoms with Gasteiger partial charge in [-0.15, -0.1) is 11.3 Å². The standard InChI is InChI=1S/C40H26S/c1-4-12-29(13-5-1)20-21-30-22-24-33(25-23-30)40(39(31-14-6-2-7-15-31)32-16-8-3-9-17-32)34-26-27-38-36(28-34)35-18-10-11-19-37(35)41-38/h1-19,22-28H. The molecule has 6 aromatic carbocycles. The van der Waals surface area contributed by atoms with Crippen LogP contribution < -0.4 is 0 Å². The third-order valence-electron chi connectivity index (χ3n) is 7.34. The molecule has 1 aromatic heterocycles. The molecule has 0 aliphatic carbocycles. The minimum atomic E-state index is 0.997. The zero-order chi connectivity index (χ0) is 27.4. The summed E-state index contributed by atoms with van der Waals surface area (Å²) < 4.78 is 2.62. The summed E-state index contributed by atoms with van der Waals surface area (Å²) in [6.07, 6.45) is 0. The number of thiophene rings is 1. The van der Waals surface area contributed by atoms with Crippen molar-refractivity contribution in [2.24, 2.45) is 0 Å². The summed E-state index contributed by atoms with van der Waals surface area (Å²) in [7, 11) is 0. The van der Waals surface area contributed by atoms with Crippen molar-refractivity contribution in [1.82, 2.24) is 0 Å². The molecule has 0 amide bonds. The Kier molecular flexibility index (Phi) is 6.75. The second-order valence-electron chi connectivity index (χ2n) is 9.98. The first kappa shape index (κ1) is 24.9. The Morgan fingerprint density at radius 3 is 1.49 bits per heavy atom. The van der Waals surface area contributed by atoms with Crippen LogP contribution in [-0.4, -0.2) is 0 Å². The van der Waals surface area contributed by atoms with Crippen LogP contribution in [0.5, 0.6) is 0 Å². The van der Waals surface area contributed by atoms with Gasteiger partial charge in [-0.1, -0.05) is 127 Å². The Morgan fingerprint density at radius 2 is 0.829 bits per heavy atom. The highest BCUT2D eigenvalue weighted by molar-refractivity contribution is 7.25. The molecule has 7 rings (SSSR count). The van der Waals surface area contributed by atoms with E-state index in [1.807, 2.05) is 41.7 Å². The van der Waals surface area contributed by atoms with E-state index in [2.05, 4.69) is 139 Å². The quantitative estimate of drug-likeness (QED) is 0.154. The molecule has 0 radical (unpaired) electrons. The number of benzene rings is 6. The molecule has 41 heavy (non-hydrogen) atoms. The van der Waals surface area contributed by atoms with Gasteiger partial charge in [0.2, 0.25) is 0 Å². The second-order valence-corrected chi connectivity index (χ2v) is 11.1. The van der Waals surface area contributed by atoms with E-state index in [4.69, 9.17) is 0 Å². The summed E-state index contributed by atoms with van der Waals surface area (Å²) in [5.41, 5.74) is 9.19. The normalized spacial score (nSPS) is 10.7. The van der Waals surface area contributed by atoms with Gasteiger partial charge >= 0.3 is 0 Å². The third-order valence-corrected chi connectivity index (χ3v) is 8.49. The smallest absolute Gasteiger partial charge is 0.0355 e. The van der Waals surface area contributed by atoms with Gasteiger partial charge in [0.1, 0.15) is 0 Å². The lowest BCUT2D eigenvalue weighted by atomic mass is 9.85. The van der Waals surface area contributed by atoms with Crippen LogP contribution in [0.3, 0.4) is 0 Å². The fourth-order valence-corrected chi connectivity index (χ4v) is 6.47. The Balaban J connectivity index is 1.46. The third kappa shape index (κ3) is 5.10. The highest BCUT2D eigenvalue weighted by Gasteiger charge is 2.17. The van der Waals surface area contributed by atoms with Crippen LogP contribution in [0.4, 0.5) is 0 Å². The zero-order valence-electron chi connectivity index (χ0n) is 22.4. The molecule has 0 N–H and O–H groups in total. The first-order chi connectivity index (χ1) is 20.3. The molecule has 0 spiro atoms. The van der Waals surface area contributed by atoms with Gasteiger partial charge in [0.05, 0.1) is 0 Å². The Morgan fingerprint density at radius 1 is 0.366 bits per heavy atom. The van der Waals surface area contributed by atoms with E-state index in [1.54, 1.807) is 0 Å². The largest absolute Gasteiger partial charge is 0.135 e. The molecule has 0 bridgehead atoms. The summed E-state index contributed by atoms with van der Waals surface area (Å²) >= 11 is 1.85. The maximum atomic E-state index is 3.34. The van der Waals surface area contributed by atoms with E-state index >= 15 is 0 Å². The monoisotopic (exact) mass is 538 g/mol. The van der Waals surface area contributed by atoms with Gasteiger partial charge in [0.25, 0.3) is 0 Å². The van der Waals surface area contributed by atoms with Gasteiger partial charge in [-0.05, 0) is 75.9 Å². The van der Waals surface area contributed by atoms with Crippen LogP contribution in [0.25, 0.3) is 31.3 Å². The Hall–Kier alpha value is -5.16. The van der Waals surface area contributed by atoms with Gasteiger partial charge in [0.15, 0.2) is 0 Å². The number of fused-ring (bicyclic) bond motifs is 3. The number of rotatable bonds is 4. The Bertz CT molecular complexity index is 2010. The summed E-state index contributed by atoms with van der Waals surface area (Å²) in [4.78, 5) is 0. The lowest BCUT2D eigenvalue weighted by Crippen LogP contribution is -1.97. The average Bonchev–Trinajstić information content (AvgIpc) is 3.42. The fraction of sp³-hybridized carbons (Fsp3) is 0. The molecule has 0 saturated heterocycles. The summed E-state index contributed by atoms with van der Waals surface area (Å²) in [6, 6.07) is 55.9. The van der Waals surface area contributed by atoms with Crippen LogP contribution in [0.2, 0.25) is 0 Å². The lowest BCUT2D eigenvalue weighted by molar-refractivity contribution is 1.50. The predicted octanol–water partition coefficient (Wildman–Crippen LogP) is 10.5. The molecular formula is C40H26S. The molecule has 1 heterocycles.